The van der Waals surface area contributed by atoms with Gasteiger partial charge in [0.1, 0.15) is 5.75 Å². The minimum atomic E-state index is 0.802. The highest BCUT2D eigenvalue weighted by Crippen LogP contribution is 2.33. The summed E-state index contributed by atoms with van der Waals surface area (Å²) in [5.74, 6) is 1.07. The fourth-order valence-corrected chi connectivity index (χ4v) is 4.02. The third kappa shape index (κ3) is 3.21. The van der Waals surface area contributed by atoms with Gasteiger partial charge >= 0.3 is 0 Å². The molecule has 0 saturated heterocycles. The average Bonchev–Trinajstić information content (AvgIpc) is 2.98. The van der Waals surface area contributed by atoms with Gasteiger partial charge in [0, 0.05) is 29.5 Å². The van der Waals surface area contributed by atoms with Crippen molar-refractivity contribution >= 4 is 43.2 Å². The van der Waals surface area contributed by atoms with E-state index in [1.165, 1.54) is 20.5 Å². The Morgan fingerprint density at radius 1 is 1.21 bits per heavy atom. The summed E-state index contributed by atoms with van der Waals surface area (Å²) in [5, 5.41) is 5.64. The first-order chi connectivity index (χ1) is 9.22. The van der Waals surface area contributed by atoms with E-state index in [1.54, 1.807) is 11.3 Å². The lowest BCUT2D eigenvalue weighted by Gasteiger charge is -2.10. The van der Waals surface area contributed by atoms with Crippen molar-refractivity contribution in [3.8, 4) is 5.75 Å². The molecule has 0 spiro atoms. The zero-order valence-corrected chi connectivity index (χ0v) is 14.2. The van der Waals surface area contributed by atoms with Crippen molar-refractivity contribution in [3.05, 3.63) is 48.5 Å². The Hall–Kier alpha value is -0.360. The molecule has 3 rings (SSSR count). The molecule has 0 saturated carbocycles. The summed E-state index contributed by atoms with van der Waals surface area (Å²) in [5.41, 5.74) is 3.85. The Balaban J connectivity index is 1.67. The molecule has 0 radical (unpaired) electrons. The lowest BCUT2D eigenvalue weighted by molar-refractivity contribution is 0.352. The maximum absolute atomic E-state index is 5.73. The molecule has 2 nitrogen and oxygen atoms in total. The van der Waals surface area contributed by atoms with E-state index in [0.29, 0.717) is 0 Å². The fourth-order valence-electron chi connectivity index (χ4n) is 2.26. The number of rotatable bonds is 4. The predicted molar refractivity (Wildman–Crippen MR) is 85.9 cm³/mol. The standard InChI is InChI=1S/C14H13Br2NOS/c15-12-4-10-1-2-18-14(10)11(5-12)7-17-6-9-3-13(16)19-8-9/h3-5,8,17H,1-2,6-7H2. The van der Waals surface area contributed by atoms with Crippen molar-refractivity contribution in [1.29, 1.82) is 0 Å². The van der Waals surface area contributed by atoms with E-state index in [4.69, 9.17) is 4.74 Å². The summed E-state index contributed by atoms with van der Waals surface area (Å²) >= 11 is 8.77. The highest BCUT2D eigenvalue weighted by molar-refractivity contribution is 9.11. The fraction of sp³-hybridized carbons (Fsp3) is 0.286. The number of fused-ring (bicyclic) bond motifs is 1. The first-order valence-electron chi connectivity index (χ1n) is 6.10. The van der Waals surface area contributed by atoms with E-state index in [0.717, 1.165) is 36.3 Å². The van der Waals surface area contributed by atoms with Gasteiger partial charge in [-0.05, 0) is 50.6 Å². The topological polar surface area (TPSA) is 21.3 Å². The number of hydrogen-bond acceptors (Lipinski definition) is 3. The molecule has 1 aliphatic heterocycles. The van der Waals surface area contributed by atoms with Crippen molar-refractivity contribution in [3.63, 3.8) is 0 Å². The second kappa shape index (κ2) is 5.95. The molecule has 5 heteroatoms. The van der Waals surface area contributed by atoms with Crippen LogP contribution in [0.4, 0.5) is 0 Å². The zero-order chi connectivity index (χ0) is 13.2. The highest BCUT2D eigenvalue weighted by atomic mass is 79.9. The molecule has 0 bridgehead atoms. The van der Waals surface area contributed by atoms with Crippen LogP contribution >= 0.6 is 43.2 Å². The Morgan fingerprint density at radius 3 is 2.89 bits per heavy atom. The molecule has 1 aliphatic rings. The first-order valence-corrected chi connectivity index (χ1v) is 8.56. The SMILES string of the molecule is Brc1cc2c(c(CNCc3csc(Br)c3)c1)OCC2. The summed E-state index contributed by atoms with van der Waals surface area (Å²) < 4.78 is 8.03. The normalized spacial score (nSPS) is 13.4. The van der Waals surface area contributed by atoms with Gasteiger partial charge in [0.25, 0.3) is 0 Å². The molecule has 0 unspecified atom stereocenters. The van der Waals surface area contributed by atoms with E-state index < -0.39 is 0 Å². The summed E-state index contributed by atoms with van der Waals surface area (Å²) in [6, 6.07) is 6.45. The maximum atomic E-state index is 5.73. The number of benzene rings is 1. The Labute approximate surface area is 133 Å². The van der Waals surface area contributed by atoms with Gasteiger partial charge in [-0.3, -0.25) is 0 Å². The molecule has 0 aliphatic carbocycles. The van der Waals surface area contributed by atoms with Gasteiger partial charge in [0.2, 0.25) is 0 Å². The molecule has 1 N–H and O–H groups in total. The van der Waals surface area contributed by atoms with Crippen LogP contribution in [0.3, 0.4) is 0 Å². The third-order valence-corrected chi connectivity index (χ3v) is 5.10. The van der Waals surface area contributed by atoms with E-state index in [-0.39, 0.29) is 0 Å². The summed E-state index contributed by atoms with van der Waals surface area (Å²) in [6.45, 7) is 2.51. The number of thiophene rings is 1. The van der Waals surface area contributed by atoms with E-state index >= 15 is 0 Å². The lowest BCUT2D eigenvalue weighted by atomic mass is 10.1. The Morgan fingerprint density at radius 2 is 2.11 bits per heavy atom. The summed E-state index contributed by atoms with van der Waals surface area (Å²) in [7, 11) is 0. The van der Waals surface area contributed by atoms with Crippen LogP contribution in [-0.2, 0) is 19.5 Å². The largest absolute Gasteiger partial charge is 0.493 e. The molecule has 0 atom stereocenters. The zero-order valence-electron chi connectivity index (χ0n) is 10.2. The molecular weight excluding hydrogens is 390 g/mol. The second-order valence-corrected chi connectivity index (χ2v) is 7.72. The van der Waals surface area contributed by atoms with E-state index in [9.17, 15) is 0 Å². The van der Waals surface area contributed by atoms with Crippen molar-refractivity contribution in [2.24, 2.45) is 0 Å². The number of ether oxygens (including phenoxy) is 1. The Kier molecular flexibility index (Phi) is 4.27. The van der Waals surface area contributed by atoms with Crippen molar-refractivity contribution in [2.75, 3.05) is 6.61 Å². The molecule has 2 heterocycles. The van der Waals surface area contributed by atoms with Crippen LogP contribution in [0.15, 0.2) is 31.8 Å². The third-order valence-electron chi connectivity index (χ3n) is 3.09. The molecule has 1 aromatic carbocycles. The van der Waals surface area contributed by atoms with Crippen molar-refractivity contribution < 1.29 is 4.74 Å². The van der Waals surface area contributed by atoms with Gasteiger partial charge in [-0.1, -0.05) is 15.9 Å². The van der Waals surface area contributed by atoms with Crippen LogP contribution in [0.25, 0.3) is 0 Å². The first kappa shape index (κ1) is 13.6. The lowest BCUT2D eigenvalue weighted by Crippen LogP contribution is -2.12. The van der Waals surface area contributed by atoms with Gasteiger partial charge < -0.3 is 10.1 Å². The highest BCUT2D eigenvalue weighted by Gasteiger charge is 2.17. The minimum Gasteiger partial charge on any atom is -0.493 e. The quantitative estimate of drug-likeness (QED) is 0.812. The molecule has 1 aromatic heterocycles. The minimum absolute atomic E-state index is 0.802. The number of halogens is 2. The Bertz CT molecular complexity index is 597. The van der Waals surface area contributed by atoms with Crippen molar-refractivity contribution in [2.45, 2.75) is 19.5 Å². The van der Waals surface area contributed by atoms with Crippen LogP contribution in [0, 0.1) is 0 Å². The van der Waals surface area contributed by atoms with Gasteiger partial charge in [-0.2, -0.15) is 0 Å². The van der Waals surface area contributed by atoms with E-state index in [1.807, 2.05) is 0 Å². The second-order valence-electron chi connectivity index (χ2n) is 4.51. The molecule has 0 amide bonds. The van der Waals surface area contributed by atoms with Crippen LogP contribution in [-0.4, -0.2) is 6.61 Å². The molecule has 2 aromatic rings. The maximum Gasteiger partial charge on any atom is 0.127 e. The number of hydrogen-bond donors (Lipinski definition) is 1. The molecule has 100 valence electrons. The van der Waals surface area contributed by atoms with Gasteiger partial charge in [0.15, 0.2) is 0 Å². The average molecular weight is 403 g/mol. The molecule has 19 heavy (non-hydrogen) atoms. The summed E-state index contributed by atoms with van der Waals surface area (Å²) in [6.07, 6.45) is 1.01. The van der Waals surface area contributed by atoms with Crippen LogP contribution in [0.5, 0.6) is 5.75 Å². The predicted octanol–water partition coefficient (Wildman–Crippen LogP) is 4.50. The molecule has 0 fully saturated rings. The van der Waals surface area contributed by atoms with Crippen molar-refractivity contribution in [1.82, 2.24) is 5.32 Å². The van der Waals surface area contributed by atoms with Crippen LogP contribution < -0.4 is 10.1 Å². The van der Waals surface area contributed by atoms with Crippen LogP contribution in [0.2, 0.25) is 0 Å². The summed E-state index contributed by atoms with van der Waals surface area (Å²) in [4.78, 5) is 0. The monoisotopic (exact) mass is 401 g/mol. The van der Waals surface area contributed by atoms with Crippen LogP contribution in [0.1, 0.15) is 16.7 Å². The smallest absolute Gasteiger partial charge is 0.127 e. The van der Waals surface area contributed by atoms with Gasteiger partial charge in [0.05, 0.1) is 10.4 Å². The van der Waals surface area contributed by atoms with Gasteiger partial charge in [-0.15, -0.1) is 11.3 Å². The number of nitrogens with one attached hydrogen (secondary N) is 1. The molecular formula is C14H13Br2NOS. The van der Waals surface area contributed by atoms with Gasteiger partial charge in [-0.25, -0.2) is 0 Å². The van der Waals surface area contributed by atoms with E-state index in [2.05, 4.69) is 60.8 Å².